The van der Waals surface area contributed by atoms with Crippen LogP contribution in [0.1, 0.15) is 11.6 Å². The highest BCUT2D eigenvalue weighted by Gasteiger charge is 2.09. The van der Waals surface area contributed by atoms with E-state index >= 15 is 0 Å². The van der Waals surface area contributed by atoms with Crippen molar-refractivity contribution in [1.82, 2.24) is 5.32 Å². The fourth-order valence-corrected chi connectivity index (χ4v) is 1.37. The lowest BCUT2D eigenvalue weighted by atomic mass is 10.1. The Morgan fingerprint density at radius 2 is 2.23 bits per heavy atom. The third-order valence-corrected chi connectivity index (χ3v) is 2.04. The molecule has 1 rings (SSSR count). The Balaban J connectivity index is 2.99. The Kier molecular flexibility index (Phi) is 3.66. The topological polar surface area (TPSA) is 32.3 Å². The highest BCUT2D eigenvalue weighted by atomic mass is 35.5. The predicted octanol–water partition coefficient (Wildman–Crippen LogP) is 1.73. The van der Waals surface area contributed by atoms with Gasteiger partial charge in [-0.3, -0.25) is 0 Å². The maximum absolute atomic E-state index is 12.9. The molecule has 0 fully saturated rings. The van der Waals surface area contributed by atoms with Crippen LogP contribution in [-0.4, -0.2) is 18.8 Å². The van der Waals surface area contributed by atoms with Crippen molar-refractivity contribution < 1.29 is 9.50 Å². The molecule has 4 heteroatoms. The Hall–Kier alpha value is -0.640. The van der Waals surface area contributed by atoms with Crippen LogP contribution in [0.5, 0.6) is 0 Å². The van der Waals surface area contributed by atoms with E-state index in [1.165, 1.54) is 12.1 Å². The van der Waals surface area contributed by atoms with E-state index in [0.29, 0.717) is 10.6 Å². The average molecular weight is 204 g/mol. The number of nitrogens with one attached hydrogen (secondary N) is 1. The lowest BCUT2D eigenvalue weighted by Gasteiger charge is -2.13. The number of aliphatic hydroxyl groups excluding tert-OH is 1. The molecule has 1 atom stereocenters. The van der Waals surface area contributed by atoms with E-state index in [1.807, 2.05) is 0 Å². The molecule has 0 amide bonds. The monoisotopic (exact) mass is 203 g/mol. The van der Waals surface area contributed by atoms with Gasteiger partial charge in [-0.1, -0.05) is 11.6 Å². The molecule has 0 radical (unpaired) electrons. The van der Waals surface area contributed by atoms with E-state index < -0.39 is 5.82 Å². The highest BCUT2D eigenvalue weighted by Crippen LogP contribution is 2.19. The van der Waals surface area contributed by atoms with Crippen LogP contribution < -0.4 is 5.32 Å². The number of hydrogen-bond acceptors (Lipinski definition) is 2. The second-order valence-corrected chi connectivity index (χ2v) is 3.16. The summed E-state index contributed by atoms with van der Waals surface area (Å²) in [6.45, 7) is -0.0870. The molecular weight excluding hydrogens is 193 g/mol. The van der Waals surface area contributed by atoms with Gasteiger partial charge in [-0.2, -0.15) is 0 Å². The summed E-state index contributed by atoms with van der Waals surface area (Å²) in [5, 5.41) is 12.1. The lowest BCUT2D eigenvalue weighted by Crippen LogP contribution is -2.19. The molecule has 0 aliphatic carbocycles. The quantitative estimate of drug-likeness (QED) is 0.784. The first-order valence-electron chi connectivity index (χ1n) is 3.91. The van der Waals surface area contributed by atoms with Gasteiger partial charge in [0.15, 0.2) is 0 Å². The second-order valence-electron chi connectivity index (χ2n) is 2.73. The van der Waals surface area contributed by atoms with Gasteiger partial charge >= 0.3 is 0 Å². The minimum Gasteiger partial charge on any atom is -0.394 e. The molecule has 1 aromatic rings. The van der Waals surface area contributed by atoms with E-state index in [9.17, 15) is 4.39 Å². The van der Waals surface area contributed by atoms with Crippen molar-refractivity contribution in [2.45, 2.75) is 6.04 Å². The summed E-state index contributed by atoms with van der Waals surface area (Å²) in [7, 11) is 1.69. The first-order chi connectivity index (χ1) is 6.17. The van der Waals surface area contributed by atoms with Crippen LogP contribution in [0.4, 0.5) is 4.39 Å². The van der Waals surface area contributed by atoms with Crippen LogP contribution >= 0.6 is 11.6 Å². The summed E-state index contributed by atoms with van der Waals surface area (Å²) in [6, 6.07) is 3.94. The van der Waals surface area contributed by atoms with Gasteiger partial charge in [0.25, 0.3) is 0 Å². The number of halogens is 2. The summed E-state index contributed by atoms with van der Waals surface area (Å²) in [4.78, 5) is 0. The second kappa shape index (κ2) is 4.56. The van der Waals surface area contributed by atoms with E-state index in [0.717, 1.165) is 0 Å². The number of likely N-dealkylation sites (N-methyl/N-ethyl adjacent to an activating group) is 1. The molecule has 0 unspecified atom stereocenters. The van der Waals surface area contributed by atoms with Crippen molar-refractivity contribution >= 4 is 11.6 Å². The smallest absolute Gasteiger partial charge is 0.125 e. The molecule has 0 spiro atoms. The zero-order valence-corrected chi connectivity index (χ0v) is 7.98. The van der Waals surface area contributed by atoms with E-state index in [4.69, 9.17) is 16.7 Å². The van der Waals surface area contributed by atoms with Crippen molar-refractivity contribution in [2.24, 2.45) is 0 Å². The minimum atomic E-state index is -0.392. The fraction of sp³-hybridized carbons (Fsp3) is 0.333. The Bertz CT molecular complexity index is 269. The Morgan fingerprint density at radius 1 is 1.54 bits per heavy atom. The van der Waals surface area contributed by atoms with E-state index in [-0.39, 0.29) is 12.6 Å². The summed E-state index contributed by atoms with van der Waals surface area (Å²) >= 11 is 5.66. The van der Waals surface area contributed by atoms with Crippen LogP contribution in [0.25, 0.3) is 0 Å². The summed E-state index contributed by atoms with van der Waals surface area (Å²) < 4.78 is 12.9. The highest BCUT2D eigenvalue weighted by molar-refractivity contribution is 6.30. The van der Waals surface area contributed by atoms with Crippen molar-refractivity contribution in [3.8, 4) is 0 Å². The number of rotatable bonds is 3. The first kappa shape index (κ1) is 10.4. The number of benzene rings is 1. The van der Waals surface area contributed by atoms with E-state index in [1.54, 1.807) is 13.1 Å². The SMILES string of the molecule is CN[C@H](CO)c1cc(F)cc(Cl)c1. The molecule has 0 aliphatic heterocycles. The van der Waals surface area contributed by atoms with Crippen LogP contribution in [0.15, 0.2) is 18.2 Å². The molecule has 0 saturated heterocycles. The molecule has 13 heavy (non-hydrogen) atoms. The van der Waals surface area contributed by atoms with Gasteiger partial charge in [0, 0.05) is 5.02 Å². The van der Waals surface area contributed by atoms with Crippen LogP contribution in [-0.2, 0) is 0 Å². The third kappa shape index (κ3) is 2.66. The van der Waals surface area contributed by atoms with Crippen molar-refractivity contribution in [3.05, 3.63) is 34.6 Å². The molecule has 1 aromatic carbocycles. The zero-order chi connectivity index (χ0) is 9.84. The Labute approximate surface area is 81.3 Å². The molecule has 0 aromatic heterocycles. The maximum atomic E-state index is 12.9. The molecule has 0 aliphatic rings. The summed E-state index contributed by atoms with van der Waals surface area (Å²) in [6.07, 6.45) is 0. The molecule has 0 heterocycles. The van der Waals surface area contributed by atoms with Crippen molar-refractivity contribution in [3.63, 3.8) is 0 Å². The standard InChI is InChI=1S/C9H11ClFNO/c1-12-9(5-13)6-2-7(10)4-8(11)3-6/h2-4,9,12-13H,5H2,1H3/t9-/m1/s1. The fourth-order valence-electron chi connectivity index (χ4n) is 1.14. The van der Waals surface area contributed by atoms with Gasteiger partial charge in [0.05, 0.1) is 12.6 Å². The molecule has 0 bridgehead atoms. The molecule has 2 N–H and O–H groups in total. The predicted molar refractivity (Wildman–Crippen MR) is 50.3 cm³/mol. The van der Waals surface area contributed by atoms with Gasteiger partial charge in [0.2, 0.25) is 0 Å². The zero-order valence-electron chi connectivity index (χ0n) is 7.22. The molecular formula is C9H11ClFNO. The molecule has 0 saturated carbocycles. The largest absolute Gasteiger partial charge is 0.394 e. The van der Waals surface area contributed by atoms with Crippen LogP contribution in [0.3, 0.4) is 0 Å². The number of hydrogen-bond donors (Lipinski definition) is 2. The molecule has 2 nitrogen and oxygen atoms in total. The maximum Gasteiger partial charge on any atom is 0.125 e. The van der Waals surface area contributed by atoms with Gasteiger partial charge in [0.1, 0.15) is 5.82 Å². The van der Waals surface area contributed by atoms with Gasteiger partial charge in [-0.15, -0.1) is 0 Å². The summed E-state index contributed by atoms with van der Waals surface area (Å²) in [5.74, 6) is -0.392. The normalized spacial score (nSPS) is 12.9. The first-order valence-corrected chi connectivity index (χ1v) is 4.29. The molecule has 72 valence electrons. The van der Waals surface area contributed by atoms with Crippen LogP contribution in [0, 0.1) is 5.82 Å². The third-order valence-electron chi connectivity index (χ3n) is 1.82. The van der Waals surface area contributed by atoms with Crippen molar-refractivity contribution in [1.29, 1.82) is 0 Å². The van der Waals surface area contributed by atoms with Gasteiger partial charge in [-0.25, -0.2) is 4.39 Å². The number of aliphatic hydroxyl groups is 1. The van der Waals surface area contributed by atoms with Gasteiger partial charge < -0.3 is 10.4 Å². The lowest BCUT2D eigenvalue weighted by molar-refractivity contribution is 0.250. The Morgan fingerprint density at radius 3 is 2.69 bits per heavy atom. The average Bonchev–Trinajstić information content (AvgIpc) is 2.04. The van der Waals surface area contributed by atoms with E-state index in [2.05, 4.69) is 5.32 Å². The van der Waals surface area contributed by atoms with Crippen molar-refractivity contribution in [2.75, 3.05) is 13.7 Å². The summed E-state index contributed by atoms with van der Waals surface area (Å²) in [5.41, 5.74) is 0.648. The minimum absolute atomic E-state index is 0.0870. The van der Waals surface area contributed by atoms with Gasteiger partial charge in [-0.05, 0) is 30.8 Å². The van der Waals surface area contributed by atoms with Crippen LogP contribution in [0.2, 0.25) is 5.02 Å².